The number of ether oxygens (including phenoxy) is 1. The summed E-state index contributed by atoms with van der Waals surface area (Å²) >= 11 is 0. The van der Waals surface area contributed by atoms with Gasteiger partial charge >= 0.3 is 0 Å². The molecular weight excluding hydrogens is 248 g/mol. The highest BCUT2D eigenvalue weighted by Gasteiger charge is 2.13. The van der Waals surface area contributed by atoms with E-state index < -0.39 is 0 Å². The molecule has 0 N–H and O–H groups in total. The summed E-state index contributed by atoms with van der Waals surface area (Å²) in [5.74, 6) is 0.699. The van der Waals surface area contributed by atoms with E-state index in [-0.39, 0.29) is 5.92 Å². The summed E-state index contributed by atoms with van der Waals surface area (Å²) in [4.78, 5) is 10.9. The maximum absolute atomic E-state index is 10.9. The zero-order valence-electron chi connectivity index (χ0n) is 12.4. The largest absolute Gasteiger partial charge is 0.496 e. The van der Waals surface area contributed by atoms with Gasteiger partial charge < -0.3 is 9.53 Å². The predicted molar refractivity (Wildman–Crippen MR) is 82.4 cm³/mol. The minimum absolute atomic E-state index is 0.115. The van der Waals surface area contributed by atoms with Gasteiger partial charge in [-0.3, -0.25) is 0 Å². The maximum Gasteiger partial charge on any atom is 0.127 e. The van der Waals surface area contributed by atoms with Crippen LogP contribution in [0.4, 0.5) is 0 Å². The van der Waals surface area contributed by atoms with Crippen molar-refractivity contribution in [3.63, 3.8) is 0 Å². The van der Waals surface area contributed by atoms with Crippen molar-refractivity contribution in [1.82, 2.24) is 0 Å². The van der Waals surface area contributed by atoms with Crippen molar-refractivity contribution in [2.24, 2.45) is 0 Å². The number of carbonyl (C=O) groups excluding carboxylic acids is 1. The zero-order chi connectivity index (χ0) is 14.7. The van der Waals surface area contributed by atoms with Crippen LogP contribution < -0.4 is 4.74 Å². The van der Waals surface area contributed by atoms with Gasteiger partial charge in [0.2, 0.25) is 0 Å². The lowest BCUT2D eigenvalue weighted by atomic mass is 9.92. The Morgan fingerprint density at radius 3 is 2.30 bits per heavy atom. The van der Waals surface area contributed by atoms with Gasteiger partial charge in [0.05, 0.1) is 7.11 Å². The van der Waals surface area contributed by atoms with Crippen LogP contribution in [0.15, 0.2) is 36.4 Å². The molecule has 2 aromatic rings. The van der Waals surface area contributed by atoms with Crippen molar-refractivity contribution in [3.8, 4) is 16.9 Å². The Morgan fingerprint density at radius 1 is 1.10 bits per heavy atom. The van der Waals surface area contributed by atoms with E-state index in [2.05, 4.69) is 32.0 Å². The van der Waals surface area contributed by atoms with Crippen molar-refractivity contribution in [3.05, 3.63) is 53.1 Å². The van der Waals surface area contributed by atoms with Crippen molar-refractivity contribution in [2.45, 2.75) is 26.7 Å². The molecule has 0 aliphatic carbocycles. The molecule has 0 aliphatic heterocycles. The van der Waals surface area contributed by atoms with Gasteiger partial charge in [-0.2, -0.15) is 0 Å². The third kappa shape index (κ3) is 2.60. The Balaban J connectivity index is 2.60. The molecule has 0 radical (unpaired) electrons. The monoisotopic (exact) mass is 268 g/mol. The molecule has 0 aliphatic rings. The molecule has 0 bridgehead atoms. The lowest BCUT2D eigenvalue weighted by molar-refractivity contribution is -0.108. The first-order valence-corrected chi connectivity index (χ1v) is 6.78. The normalized spacial score (nSPS) is 12.0. The topological polar surface area (TPSA) is 26.3 Å². The second-order valence-electron chi connectivity index (χ2n) is 5.15. The molecule has 0 fully saturated rings. The van der Waals surface area contributed by atoms with E-state index in [4.69, 9.17) is 4.74 Å². The van der Waals surface area contributed by atoms with E-state index >= 15 is 0 Å². The Morgan fingerprint density at radius 2 is 1.75 bits per heavy atom. The number of carbonyl (C=O) groups is 1. The molecular formula is C18H20O2. The highest BCUT2D eigenvalue weighted by atomic mass is 16.5. The maximum atomic E-state index is 10.9. The fourth-order valence-electron chi connectivity index (χ4n) is 2.52. The second kappa shape index (κ2) is 5.91. The third-order valence-electron chi connectivity index (χ3n) is 3.71. The number of aryl methyl sites for hydroxylation is 2. The first-order valence-electron chi connectivity index (χ1n) is 6.78. The number of aldehydes is 1. The average molecular weight is 268 g/mol. The molecule has 0 saturated carbocycles. The van der Waals surface area contributed by atoms with Crippen LogP contribution in [0.1, 0.15) is 29.5 Å². The molecule has 2 rings (SSSR count). The quantitative estimate of drug-likeness (QED) is 0.774. The lowest BCUT2D eigenvalue weighted by Crippen LogP contribution is -1.98. The van der Waals surface area contributed by atoms with Gasteiger partial charge in [-0.15, -0.1) is 0 Å². The Labute approximate surface area is 120 Å². The van der Waals surface area contributed by atoms with Gasteiger partial charge in [0.15, 0.2) is 0 Å². The van der Waals surface area contributed by atoms with Crippen molar-refractivity contribution in [1.29, 1.82) is 0 Å². The lowest BCUT2D eigenvalue weighted by Gasteiger charge is -2.16. The number of methoxy groups -OCH3 is 1. The molecule has 104 valence electrons. The van der Waals surface area contributed by atoms with Crippen molar-refractivity contribution in [2.75, 3.05) is 7.11 Å². The molecule has 2 heteroatoms. The summed E-state index contributed by atoms with van der Waals surface area (Å²) in [6.45, 7) is 6.09. The smallest absolute Gasteiger partial charge is 0.127 e. The number of benzene rings is 2. The average Bonchev–Trinajstić information content (AvgIpc) is 2.46. The van der Waals surface area contributed by atoms with Crippen LogP contribution in [0.3, 0.4) is 0 Å². The van der Waals surface area contributed by atoms with Crippen LogP contribution in [-0.4, -0.2) is 13.4 Å². The number of hydrogen-bond acceptors (Lipinski definition) is 2. The van der Waals surface area contributed by atoms with Crippen LogP contribution in [-0.2, 0) is 4.79 Å². The molecule has 1 unspecified atom stereocenters. The molecule has 0 aromatic heterocycles. The fraction of sp³-hybridized carbons (Fsp3) is 0.278. The SMILES string of the molecule is COc1cc(C(C)C=O)ccc1-c1c(C)cccc1C. The molecule has 0 heterocycles. The second-order valence-corrected chi connectivity index (χ2v) is 5.15. The summed E-state index contributed by atoms with van der Waals surface area (Å²) in [7, 11) is 1.67. The molecule has 0 spiro atoms. The van der Waals surface area contributed by atoms with Crippen LogP contribution in [0.5, 0.6) is 5.75 Å². The summed E-state index contributed by atoms with van der Waals surface area (Å²) in [5.41, 5.74) is 5.70. The van der Waals surface area contributed by atoms with Crippen LogP contribution >= 0.6 is 0 Å². The molecule has 2 aromatic carbocycles. The van der Waals surface area contributed by atoms with E-state index in [1.54, 1.807) is 7.11 Å². The molecule has 1 atom stereocenters. The van der Waals surface area contributed by atoms with Gasteiger partial charge in [-0.25, -0.2) is 0 Å². The highest BCUT2D eigenvalue weighted by Crippen LogP contribution is 2.36. The summed E-state index contributed by atoms with van der Waals surface area (Å²) in [5, 5.41) is 0. The van der Waals surface area contributed by atoms with Gasteiger partial charge in [-0.05, 0) is 42.2 Å². The Bertz CT molecular complexity index is 609. The van der Waals surface area contributed by atoms with E-state index in [9.17, 15) is 4.79 Å². The first kappa shape index (κ1) is 14.3. The van der Waals surface area contributed by atoms with Crippen LogP contribution in [0.2, 0.25) is 0 Å². The van der Waals surface area contributed by atoms with Gasteiger partial charge in [-0.1, -0.05) is 37.3 Å². The Hall–Kier alpha value is -2.09. The minimum Gasteiger partial charge on any atom is -0.496 e. The standard InChI is InChI=1S/C18H20O2/c1-12-6-5-7-13(2)18(12)16-9-8-15(14(3)11-19)10-17(16)20-4/h5-11,14H,1-4H3. The Kier molecular flexibility index (Phi) is 4.23. The van der Waals surface area contributed by atoms with Crippen molar-refractivity contribution < 1.29 is 9.53 Å². The molecule has 0 amide bonds. The van der Waals surface area contributed by atoms with Gasteiger partial charge in [0.25, 0.3) is 0 Å². The molecule has 20 heavy (non-hydrogen) atoms. The van der Waals surface area contributed by atoms with Crippen molar-refractivity contribution >= 4 is 6.29 Å². The van der Waals surface area contributed by atoms with Gasteiger partial charge in [0.1, 0.15) is 12.0 Å². The summed E-state index contributed by atoms with van der Waals surface area (Å²) in [6.07, 6.45) is 0.952. The first-order chi connectivity index (χ1) is 9.58. The van der Waals surface area contributed by atoms with Crippen LogP contribution in [0, 0.1) is 13.8 Å². The number of hydrogen-bond donors (Lipinski definition) is 0. The van der Waals surface area contributed by atoms with E-state index in [1.807, 2.05) is 25.1 Å². The highest BCUT2D eigenvalue weighted by molar-refractivity contribution is 5.77. The van der Waals surface area contributed by atoms with E-state index in [0.717, 1.165) is 23.2 Å². The number of rotatable bonds is 4. The molecule has 0 saturated heterocycles. The predicted octanol–water partition coefficient (Wildman–Crippen LogP) is 4.28. The fourth-order valence-corrected chi connectivity index (χ4v) is 2.52. The molecule has 2 nitrogen and oxygen atoms in total. The van der Waals surface area contributed by atoms with E-state index in [1.165, 1.54) is 16.7 Å². The van der Waals surface area contributed by atoms with Gasteiger partial charge in [0, 0.05) is 11.5 Å². The summed E-state index contributed by atoms with van der Waals surface area (Å²) in [6, 6.07) is 12.3. The summed E-state index contributed by atoms with van der Waals surface area (Å²) < 4.78 is 5.53. The third-order valence-corrected chi connectivity index (χ3v) is 3.71. The minimum atomic E-state index is -0.115. The van der Waals surface area contributed by atoms with E-state index in [0.29, 0.717) is 0 Å². The van der Waals surface area contributed by atoms with Crippen LogP contribution in [0.25, 0.3) is 11.1 Å². The zero-order valence-corrected chi connectivity index (χ0v) is 12.4.